The molecule has 0 fully saturated rings. The minimum atomic E-state index is -3.40. The lowest BCUT2D eigenvalue weighted by Crippen LogP contribution is -2.08. The SMILES string of the molecule is CSCOC(=O)c1nn(-c2ccccc2C(C)C)c(-c2nc(-c3cccc(S(C)(=O)=O)c3)ns2)c1Cl. The molecule has 0 saturated carbocycles. The number of thioether (sulfide) groups is 1. The zero-order valence-corrected chi connectivity index (χ0v) is 23.1. The van der Waals surface area contributed by atoms with E-state index in [-0.39, 0.29) is 27.5 Å². The molecule has 2 aromatic carbocycles. The van der Waals surface area contributed by atoms with E-state index in [0.29, 0.717) is 22.1 Å². The van der Waals surface area contributed by atoms with Crippen LogP contribution >= 0.6 is 34.9 Å². The third-order valence-electron chi connectivity index (χ3n) is 5.26. The van der Waals surface area contributed by atoms with Crippen molar-refractivity contribution >= 4 is 50.7 Å². The van der Waals surface area contributed by atoms with Crippen molar-refractivity contribution in [2.75, 3.05) is 18.5 Å². The quantitative estimate of drug-likeness (QED) is 0.198. The van der Waals surface area contributed by atoms with Crippen molar-refractivity contribution < 1.29 is 17.9 Å². The number of aromatic nitrogens is 4. The van der Waals surface area contributed by atoms with E-state index < -0.39 is 15.8 Å². The minimum absolute atomic E-state index is 0.0184. The maximum absolute atomic E-state index is 12.7. The Balaban J connectivity index is 1.88. The number of hydrogen-bond acceptors (Lipinski definition) is 9. The Morgan fingerprint density at radius 3 is 2.64 bits per heavy atom. The lowest BCUT2D eigenvalue weighted by Gasteiger charge is -2.14. The van der Waals surface area contributed by atoms with Crippen molar-refractivity contribution in [3.63, 3.8) is 0 Å². The highest BCUT2D eigenvalue weighted by Gasteiger charge is 2.28. The molecular weight excluding hydrogens is 540 g/mol. The molecule has 0 bridgehead atoms. The number of carbonyl (C=O) groups is 1. The fraction of sp³-hybridized carbons (Fsp3) is 0.250. The molecule has 0 N–H and O–H groups in total. The summed E-state index contributed by atoms with van der Waals surface area (Å²) in [4.78, 5) is 17.6. The molecule has 2 aromatic heterocycles. The van der Waals surface area contributed by atoms with Gasteiger partial charge in [-0.15, -0.1) is 11.8 Å². The third kappa shape index (κ3) is 5.34. The third-order valence-corrected chi connectivity index (χ3v) is 7.81. The topological polar surface area (TPSA) is 104 Å². The van der Waals surface area contributed by atoms with E-state index in [1.807, 2.05) is 30.5 Å². The summed E-state index contributed by atoms with van der Waals surface area (Å²) in [6.07, 6.45) is 2.97. The first-order chi connectivity index (χ1) is 17.1. The zero-order chi connectivity index (χ0) is 26.0. The van der Waals surface area contributed by atoms with Gasteiger partial charge in [-0.05, 0) is 47.5 Å². The fourth-order valence-electron chi connectivity index (χ4n) is 3.54. The number of nitrogens with zero attached hydrogens (tertiary/aromatic N) is 4. The maximum Gasteiger partial charge on any atom is 0.361 e. The van der Waals surface area contributed by atoms with Crippen LogP contribution in [0.15, 0.2) is 53.4 Å². The van der Waals surface area contributed by atoms with E-state index in [9.17, 15) is 13.2 Å². The second-order valence-electron chi connectivity index (χ2n) is 8.20. The van der Waals surface area contributed by atoms with Gasteiger partial charge in [-0.3, -0.25) is 0 Å². The van der Waals surface area contributed by atoms with Gasteiger partial charge in [-0.25, -0.2) is 22.9 Å². The van der Waals surface area contributed by atoms with Crippen molar-refractivity contribution in [3.05, 3.63) is 64.8 Å². The molecule has 36 heavy (non-hydrogen) atoms. The summed E-state index contributed by atoms with van der Waals surface area (Å²) in [5.41, 5.74) is 2.69. The van der Waals surface area contributed by atoms with Gasteiger partial charge in [0.05, 0.1) is 10.6 Å². The summed E-state index contributed by atoms with van der Waals surface area (Å²) in [5.74, 6) is 0.0436. The molecule has 188 valence electrons. The molecule has 0 saturated heterocycles. The number of rotatable bonds is 8. The number of carbonyl (C=O) groups excluding carboxylic acids is 1. The van der Waals surface area contributed by atoms with Gasteiger partial charge in [-0.1, -0.05) is 55.8 Å². The fourth-order valence-corrected chi connectivity index (χ4v) is 5.49. The van der Waals surface area contributed by atoms with Crippen LogP contribution < -0.4 is 0 Å². The number of para-hydroxylation sites is 1. The molecule has 4 rings (SSSR count). The molecule has 0 radical (unpaired) electrons. The second kappa shape index (κ2) is 10.7. The molecule has 0 unspecified atom stereocenters. The van der Waals surface area contributed by atoms with Gasteiger partial charge in [-0.2, -0.15) is 9.47 Å². The Hall–Kier alpha value is -2.73. The summed E-state index contributed by atoms with van der Waals surface area (Å²) in [6, 6.07) is 14.1. The van der Waals surface area contributed by atoms with Gasteiger partial charge >= 0.3 is 5.97 Å². The van der Waals surface area contributed by atoms with Gasteiger partial charge < -0.3 is 4.74 Å². The van der Waals surface area contributed by atoms with Gasteiger partial charge in [0.25, 0.3) is 0 Å². The number of benzene rings is 2. The predicted octanol–water partition coefficient (Wildman–Crippen LogP) is 5.72. The van der Waals surface area contributed by atoms with E-state index in [0.717, 1.165) is 29.0 Å². The Morgan fingerprint density at radius 1 is 1.19 bits per heavy atom. The highest BCUT2D eigenvalue weighted by molar-refractivity contribution is 7.98. The number of ether oxygens (including phenoxy) is 1. The monoisotopic (exact) mass is 562 g/mol. The molecule has 8 nitrogen and oxygen atoms in total. The number of hydrogen-bond donors (Lipinski definition) is 0. The standard InChI is InChI=1S/C24H23ClN4O4S3/c1-14(2)17-10-5-6-11-18(17)29-21(19(25)20(27-29)24(30)33-13-34-3)23-26-22(28-35-23)15-8-7-9-16(12-15)36(4,31)32/h5-12,14H,13H2,1-4H3. The van der Waals surface area contributed by atoms with Crippen LogP contribution in [-0.4, -0.2) is 52.0 Å². The summed E-state index contributed by atoms with van der Waals surface area (Å²) >= 11 is 9.17. The van der Waals surface area contributed by atoms with Crippen LogP contribution in [0.25, 0.3) is 27.8 Å². The van der Waals surface area contributed by atoms with Crippen molar-refractivity contribution in [3.8, 4) is 27.8 Å². The first kappa shape index (κ1) is 26.3. The molecule has 0 amide bonds. The van der Waals surface area contributed by atoms with Crippen LogP contribution in [0.3, 0.4) is 0 Å². The van der Waals surface area contributed by atoms with Gasteiger partial charge in [0.15, 0.2) is 26.4 Å². The van der Waals surface area contributed by atoms with Crippen molar-refractivity contribution in [2.24, 2.45) is 0 Å². The molecule has 4 aromatic rings. The van der Waals surface area contributed by atoms with Crippen LogP contribution in [0.1, 0.15) is 35.8 Å². The summed E-state index contributed by atoms with van der Waals surface area (Å²) in [7, 11) is -3.40. The van der Waals surface area contributed by atoms with Crippen LogP contribution in [0.4, 0.5) is 0 Å². The summed E-state index contributed by atoms with van der Waals surface area (Å²) in [6.45, 7) is 4.13. The summed E-state index contributed by atoms with van der Waals surface area (Å²) in [5, 5.41) is 5.07. The Morgan fingerprint density at radius 2 is 1.94 bits per heavy atom. The first-order valence-electron chi connectivity index (χ1n) is 10.8. The first-order valence-corrected chi connectivity index (χ1v) is 15.2. The predicted molar refractivity (Wildman–Crippen MR) is 144 cm³/mol. The van der Waals surface area contributed by atoms with Gasteiger partial charge in [0, 0.05) is 11.8 Å². The molecule has 2 heterocycles. The molecule has 0 atom stereocenters. The van der Waals surface area contributed by atoms with Crippen LogP contribution in [0.2, 0.25) is 5.02 Å². The molecule has 12 heteroatoms. The molecule has 0 aliphatic heterocycles. The van der Waals surface area contributed by atoms with E-state index in [2.05, 4.69) is 28.3 Å². The van der Waals surface area contributed by atoms with E-state index in [1.54, 1.807) is 16.8 Å². The van der Waals surface area contributed by atoms with Crippen molar-refractivity contribution in [1.29, 1.82) is 0 Å². The number of esters is 1. The van der Waals surface area contributed by atoms with Crippen molar-refractivity contribution in [2.45, 2.75) is 24.7 Å². The lowest BCUT2D eigenvalue weighted by atomic mass is 10.0. The molecular formula is C24H23ClN4O4S3. The van der Waals surface area contributed by atoms with Crippen molar-refractivity contribution in [1.82, 2.24) is 19.1 Å². The Labute approximate surface area is 222 Å². The smallest absolute Gasteiger partial charge is 0.361 e. The highest BCUT2D eigenvalue weighted by atomic mass is 35.5. The van der Waals surface area contributed by atoms with E-state index in [4.69, 9.17) is 16.3 Å². The normalized spacial score (nSPS) is 11.7. The maximum atomic E-state index is 12.7. The second-order valence-corrected chi connectivity index (χ2v) is 12.2. The molecule has 0 aliphatic carbocycles. The van der Waals surface area contributed by atoms with E-state index >= 15 is 0 Å². The molecule has 0 aliphatic rings. The minimum Gasteiger partial charge on any atom is -0.450 e. The Kier molecular flexibility index (Phi) is 7.84. The van der Waals surface area contributed by atoms with E-state index in [1.165, 1.54) is 23.9 Å². The average Bonchev–Trinajstić information content (AvgIpc) is 3.46. The number of sulfone groups is 1. The summed E-state index contributed by atoms with van der Waals surface area (Å²) < 4.78 is 35.3. The average molecular weight is 563 g/mol. The Bertz CT molecular complexity index is 1530. The largest absolute Gasteiger partial charge is 0.450 e. The van der Waals surface area contributed by atoms with Crippen LogP contribution in [0.5, 0.6) is 0 Å². The van der Waals surface area contributed by atoms with Crippen LogP contribution in [-0.2, 0) is 14.6 Å². The van der Waals surface area contributed by atoms with Gasteiger partial charge in [0.1, 0.15) is 16.7 Å². The van der Waals surface area contributed by atoms with Crippen LogP contribution in [0, 0.1) is 0 Å². The lowest BCUT2D eigenvalue weighted by molar-refractivity contribution is 0.0572. The van der Waals surface area contributed by atoms with Gasteiger partial charge in [0.2, 0.25) is 0 Å². The zero-order valence-electron chi connectivity index (χ0n) is 19.9. The molecule has 0 spiro atoms. The number of halogens is 1. The highest BCUT2D eigenvalue weighted by Crippen LogP contribution is 2.37.